The Labute approximate surface area is 139 Å². The molecule has 122 valence electrons. The van der Waals surface area contributed by atoms with E-state index < -0.39 is 16.1 Å². The summed E-state index contributed by atoms with van der Waals surface area (Å²) in [5.74, 6) is -0.318. The summed E-state index contributed by atoms with van der Waals surface area (Å²) in [5, 5.41) is 5.09. The van der Waals surface area contributed by atoms with Gasteiger partial charge in [0.15, 0.2) is 5.13 Å². The fraction of sp³-hybridized carbons (Fsp3) is 0.333. The predicted octanol–water partition coefficient (Wildman–Crippen LogP) is 2.17. The minimum Gasteiger partial charge on any atom is -0.301 e. The molecule has 2 aromatic rings. The normalized spacial score (nSPS) is 18.9. The second kappa shape index (κ2) is 6.38. The van der Waals surface area contributed by atoms with Crippen molar-refractivity contribution in [3.63, 3.8) is 0 Å². The molecule has 8 heteroatoms. The van der Waals surface area contributed by atoms with Crippen LogP contribution >= 0.6 is 11.3 Å². The maximum Gasteiger partial charge on any atom is 0.244 e. The van der Waals surface area contributed by atoms with Crippen molar-refractivity contribution in [1.82, 2.24) is 9.29 Å². The standard InChI is InChI=1S/C15H17N3O3S2/c1-23(20,21)18-9-5-8-13(18)14(19)17-15-16-12(10-22-15)11-6-3-2-4-7-11/h2-4,6-7,10,13H,5,8-9H2,1H3,(H,16,17,19)/t13-/m1/s1. The summed E-state index contributed by atoms with van der Waals surface area (Å²) < 4.78 is 24.7. The molecule has 1 aliphatic heterocycles. The maximum absolute atomic E-state index is 12.4. The smallest absolute Gasteiger partial charge is 0.244 e. The SMILES string of the molecule is CS(=O)(=O)N1CCC[C@@H]1C(=O)Nc1nc(-c2ccccc2)cs1. The molecular formula is C15H17N3O3S2. The number of carbonyl (C=O) groups excluding carboxylic acids is 1. The fourth-order valence-corrected chi connectivity index (χ4v) is 4.51. The van der Waals surface area contributed by atoms with Gasteiger partial charge in [0, 0.05) is 17.5 Å². The molecule has 3 rings (SSSR count). The number of hydrogen-bond acceptors (Lipinski definition) is 5. The Balaban J connectivity index is 1.73. The van der Waals surface area contributed by atoms with Crippen molar-refractivity contribution >= 4 is 32.4 Å². The molecule has 0 aliphatic carbocycles. The number of anilines is 1. The third-order valence-corrected chi connectivity index (χ3v) is 5.78. The molecule has 0 bridgehead atoms. The van der Waals surface area contributed by atoms with Gasteiger partial charge in [-0.3, -0.25) is 4.79 Å². The summed E-state index contributed by atoms with van der Waals surface area (Å²) in [4.78, 5) is 16.8. The van der Waals surface area contributed by atoms with Crippen LogP contribution < -0.4 is 5.32 Å². The van der Waals surface area contributed by atoms with Crippen molar-refractivity contribution < 1.29 is 13.2 Å². The summed E-state index contributed by atoms with van der Waals surface area (Å²) in [6.45, 7) is 0.393. The molecule has 0 spiro atoms. The highest BCUT2D eigenvalue weighted by Crippen LogP contribution is 2.26. The number of nitrogens with one attached hydrogen (secondary N) is 1. The van der Waals surface area contributed by atoms with Crippen LogP contribution in [0.4, 0.5) is 5.13 Å². The minimum absolute atomic E-state index is 0.318. The first-order valence-corrected chi connectivity index (χ1v) is 9.96. The van der Waals surface area contributed by atoms with Crippen molar-refractivity contribution in [1.29, 1.82) is 0 Å². The van der Waals surface area contributed by atoms with E-state index in [9.17, 15) is 13.2 Å². The highest BCUT2D eigenvalue weighted by Gasteiger charge is 2.36. The van der Waals surface area contributed by atoms with Crippen molar-refractivity contribution in [3.05, 3.63) is 35.7 Å². The van der Waals surface area contributed by atoms with E-state index in [0.29, 0.717) is 24.5 Å². The van der Waals surface area contributed by atoms with Gasteiger partial charge in [0.1, 0.15) is 6.04 Å². The molecule has 1 aromatic carbocycles. The largest absolute Gasteiger partial charge is 0.301 e. The van der Waals surface area contributed by atoms with Gasteiger partial charge in [-0.1, -0.05) is 30.3 Å². The van der Waals surface area contributed by atoms with Crippen LogP contribution in [0.15, 0.2) is 35.7 Å². The van der Waals surface area contributed by atoms with Crippen LogP contribution in [0.5, 0.6) is 0 Å². The second-order valence-electron chi connectivity index (χ2n) is 5.42. The van der Waals surface area contributed by atoms with Crippen molar-refractivity contribution in [3.8, 4) is 11.3 Å². The van der Waals surface area contributed by atoms with Gasteiger partial charge < -0.3 is 5.32 Å². The summed E-state index contributed by atoms with van der Waals surface area (Å²) in [7, 11) is -3.37. The third kappa shape index (κ3) is 3.60. The molecule has 1 aromatic heterocycles. The number of aromatic nitrogens is 1. The molecule has 1 fully saturated rings. The van der Waals surface area contributed by atoms with E-state index in [1.165, 1.54) is 15.6 Å². The molecule has 2 heterocycles. The first kappa shape index (κ1) is 16.1. The molecule has 1 N–H and O–H groups in total. The van der Waals surface area contributed by atoms with Crippen LogP contribution in [-0.4, -0.2) is 42.5 Å². The number of benzene rings is 1. The average molecular weight is 351 g/mol. The van der Waals surface area contributed by atoms with Gasteiger partial charge in [0.05, 0.1) is 11.9 Å². The molecular weight excluding hydrogens is 334 g/mol. The Kier molecular flexibility index (Phi) is 4.47. The first-order valence-electron chi connectivity index (χ1n) is 7.24. The van der Waals surface area contributed by atoms with Crippen molar-refractivity contribution in [2.24, 2.45) is 0 Å². The summed E-state index contributed by atoms with van der Waals surface area (Å²) in [6, 6.07) is 9.03. The first-order chi connectivity index (χ1) is 10.9. The van der Waals surface area contributed by atoms with Crippen molar-refractivity contribution in [2.75, 3.05) is 18.1 Å². The Bertz CT molecular complexity index is 802. The number of thiazole rings is 1. The van der Waals surface area contributed by atoms with E-state index >= 15 is 0 Å². The Hall–Kier alpha value is -1.77. The van der Waals surface area contributed by atoms with E-state index in [1.807, 2.05) is 35.7 Å². The number of carbonyl (C=O) groups is 1. The lowest BCUT2D eigenvalue weighted by Crippen LogP contribution is -2.42. The minimum atomic E-state index is -3.37. The Morgan fingerprint density at radius 3 is 2.78 bits per heavy atom. The molecule has 1 amide bonds. The molecule has 0 unspecified atom stereocenters. The molecule has 0 radical (unpaired) electrons. The number of amides is 1. The average Bonchev–Trinajstić information content (AvgIpc) is 3.16. The summed E-state index contributed by atoms with van der Waals surface area (Å²) in [5.41, 5.74) is 1.76. The number of rotatable bonds is 4. The summed E-state index contributed by atoms with van der Waals surface area (Å²) in [6.07, 6.45) is 2.36. The number of sulfonamides is 1. The van der Waals surface area contributed by atoms with E-state index in [0.717, 1.165) is 17.5 Å². The molecule has 6 nitrogen and oxygen atoms in total. The van der Waals surface area contributed by atoms with Crippen LogP contribution in [0.25, 0.3) is 11.3 Å². The van der Waals surface area contributed by atoms with Crippen LogP contribution in [0.2, 0.25) is 0 Å². The summed E-state index contributed by atoms with van der Waals surface area (Å²) >= 11 is 1.33. The molecule has 1 atom stereocenters. The maximum atomic E-state index is 12.4. The number of nitrogens with zero attached hydrogens (tertiary/aromatic N) is 2. The van der Waals surface area contributed by atoms with Gasteiger partial charge >= 0.3 is 0 Å². The highest BCUT2D eigenvalue weighted by atomic mass is 32.2. The van der Waals surface area contributed by atoms with Gasteiger partial charge in [-0.15, -0.1) is 11.3 Å². The van der Waals surface area contributed by atoms with Gasteiger partial charge in [-0.2, -0.15) is 4.31 Å². The zero-order chi connectivity index (χ0) is 16.4. The molecule has 1 aliphatic rings. The predicted molar refractivity (Wildman–Crippen MR) is 90.8 cm³/mol. The lowest BCUT2D eigenvalue weighted by Gasteiger charge is -2.20. The van der Waals surface area contributed by atoms with Crippen molar-refractivity contribution in [2.45, 2.75) is 18.9 Å². The topological polar surface area (TPSA) is 79.4 Å². The molecule has 0 saturated carbocycles. The van der Waals surface area contributed by atoms with E-state index in [1.54, 1.807) is 0 Å². The van der Waals surface area contributed by atoms with E-state index in [4.69, 9.17) is 0 Å². The highest BCUT2D eigenvalue weighted by molar-refractivity contribution is 7.88. The van der Waals surface area contributed by atoms with Crippen LogP contribution in [0.1, 0.15) is 12.8 Å². The zero-order valence-corrected chi connectivity index (χ0v) is 14.2. The van der Waals surface area contributed by atoms with E-state index in [-0.39, 0.29) is 5.91 Å². The van der Waals surface area contributed by atoms with Gasteiger partial charge in [0.25, 0.3) is 0 Å². The van der Waals surface area contributed by atoms with Gasteiger partial charge in [-0.05, 0) is 12.8 Å². The fourth-order valence-electron chi connectivity index (χ4n) is 2.66. The monoisotopic (exact) mass is 351 g/mol. The lowest BCUT2D eigenvalue weighted by molar-refractivity contribution is -0.119. The third-order valence-electron chi connectivity index (χ3n) is 3.74. The molecule has 1 saturated heterocycles. The number of hydrogen-bond donors (Lipinski definition) is 1. The van der Waals surface area contributed by atoms with Crippen LogP contribution in [0.3, 0.4) is 0 Å². The molecule has 23 heavy (non-hydrogen) atoms. The van der Waals surface area contributed by atoms with Crippen LogP contribution in [-0.2, 0) is 14.8 Å². The second-order valence-corrected chi connectivity index (χ2v) is 8.22. The van der Waals surface area contributed by atoms with Crippen LogP contribution in [0, 0.1) is 0 Å². The Morgan fingerprint density at radius 1 is 1.35 bits per heavy atom. The van der Waals surface area contributed by atoms with Gasteiger partial charge in [0.2, 0.25) is 15.9 Å². The lowest BCUT2D eigenvalue weighted by atomic mass is 10.2. The quantitative estimate of drug-likeness (QED) is 0.915. The van der Waals surface area contributed by atoms with Gasteiger partial charge in [-0.25, -0.2) is 13.4 Å². The van der Waals surface area contributed by atoms with E-state index in [2.05, 4.69) is 10.3 Å². The Morgan fingerprint density at radius 2 is 2.09 bits per heavy atom. The zero-order valence-electron chi connectivity index (χ0n) is 12.6.